The van der Waals surface area contributed by atoms with Crippen LogP contribution in [0, 0.1) is 0 Å². The number of carbonyl (C=O) groups excluding carboxylic acids is 1. The molecular weight excluding hydrogens is 320 g/mol. The van der Waals surface area contributed by atoms with E-state index in [-0.39, 0.29) is 12.1 Å². The molecule has 0 aliphatic rings. The summed E-state index contributed by atoms with van der Waals surface area (Å²) < 4.78 is 1.11. The van der Waals surface area contributed by atoms with Gasteiger partial charge < -0.3 is 10.6 Å². The van der Waals surface area contributed by atoms with Crippen LogP contribution in [-0.4, -0.2) is 22.0 Å². The lowest BCUT2D eigenvalue weighted by Crippen LogP contribution is -2.34. The highest BCUT2D eigenvalue weighted by atomic mass is 32.1. The molecule has 0 unspecified atom stereocenters. The number of aromatic nitrogens is 2. The van der Waals surface area contributed by atoms with E-state index in [1.807, 2.05) is 56.3 Å². The molecule has 2 amide bonds. The smallest absolute Gasteiger partial charge is 0.319 e. The van der Waals surface area contributed by atoms with Crippen molar-refractivity contribution in [1.82, 2.24) is 15.3 Å². The van der Waals surface area contributed by atoms with E-state index in [9.17, 15) is 4.79 Å². The van der Waals surface area contributed by atoms with Crippen LogP contribution in [0.2, 0.25) is 0 Å². The molecule has 0 fully saturated rings. The molecule has 0 aliphatic heterocycles. The summed E-state index contributed by atoms with van der Waals surface area (Å²) in [7, 11) is 0. The van der Waals surface area contributed by atoms with Crippen LogP contribution in [0.3, 0.4) is 0 Å². The van der Waals surface area contributed by atoms with Crippen LogP contribution in [0.5, 0.6) is 0 Å². The predicted molar refractivity (Wildman–Crippen MR) is 99.7 cm³/mol. The van der Waals surface area contributed by atoms with Crippen LogP contribution in [-0.2, 0) is 0 Å². The van der Waals surface area contributed by atoms with Crippen molar-refractivity contribution in [3.8, 4) is 0 Å². The topological polar surface area (TPSA) is 66.9 Å². The number of anilines is 1. The maximum atomic E-state index is 11.9. The average Bonchev–Trinajstić information content (AvgIpc) is 2.89. The Bertz CT molecular complexity index is 1070. The van der Waals surface area contributed by atoms with Gasteiger partial charge in [-0.1, -0.05) is 12.1 Å². The Balaban J connectivity index is 1.81. The zero-order valence-electron chi connectivity index (χ0n) is 13.3. The van der Waals surface area contributed by atoms with E-state index in [1.54, 1.807) is 11.3 Å². The van der Waals surface area contributed by atoms with E-state index in [2.05, 4.69) is 10.6 Å². The monoisotopic (exact) mass is 336 g/mol. The fraction of sp³-hybridized carbons (Fsp3) is 0.167. The quantitative estimate of drug-likeness (QED) is 0.565. The molecule has 0 spiro atoms. The number of nitrogens with zero attached hydrogens (tertiary/aromatic N) is 2. The maximum Gasteiger partial charge on any atom is 0.319 e. The van der Waals surface area contributed by atoms with Gasteiger partial charge in [-0.25, -0.2) is 14.8 Å². The van der Waals surface area contributed by atoms with E-state index in [0.717, 1.165) is 37.2 Å². The number of benzene rings is 2. The summed E-state index contributed by atoms with van der Waals surface area (Å²) in [6.45, 7) is 3.85. The van der Waals surface area contributed by atoms with Gasteiger partial charge in [0, 0.05) is 21.8 Å². The maximum absolute atomic E-state index is 11.9. The normalized spacial score (nSPS) is 11.5. The first-order valence-electron chi connectivity index (χ1n) is 7.77. The number of hydrogen-bond acceptors (Lipinski definition) is 4. The summed E-state index contributed by atoms with van der Waals surface area (Å²) in [4.78, 5) is 22.3. The minimum atomic E-state index is -0.208. The Morgan fingerprint density at radius 2 is 1.83 bits per heavy atom. The van der Waals surface area contributed by atoms with Gasteiger partial charge in [0.1, 0.15) is 10.3 Å². The van der Waals surface area contributed by atoms with Crippen LogP contribution >= 0.6 is 11.3 Å². The highest BCUT2D eigenvalue weighted by Gasteiger charge is 2.11. The third-order valence-corrected chi connectivity index (χ3v) is 4.71. The number of urea groups is 1. The fourth-order valence-corrected chi connectivity index (χ4v) is 3.65. The summed E-state index contributed by atoms with van der Waals surface area (Å²) in [6, 6.07) is 13.6. The first-order valence-corrected chi connectivity index (χ1v) is 8.58. The second-order valence-corrected chi connectivity index (χ2v) is 6.96. The molecule has 0 aliphatic carbocycles. The van der Waals surface area contributed by atoms with E-state index < -0.39 is 0 Å². The van der Waals surface area contributed by atoms with Crippen LogP contribution in [0.25, 0.3) is 31.5 Å². The van der Waals surface area contributed by atoms with Gasteiger partial charge in [-0.15, -0.1) is 11.3 Å². The molecular formula is C18H16N4OS. The summed E-state index contributed by atoms with van der Waals surface area (Å²) in [5, 5.41) is 6.69. The van der Waals surface area contributed by atoms with Gasteiger partial charge in [-0.05, 0) is 44.2 Å². The second-order valence-electron chi connectivity index (χ2n) is 5.93. The van der Waals surface area contributed by atoms with Crippen molar-refractivity contribution in [2.24, 2.45) is 0 Å². The minimum Gasteiger partial charge on any atom is -0.336 e. The van der Waals surface area contributed by atoms with Gasteiger partial charge in [-0.3, -0.25) is 0 Å². The van der Waals surface area contributed by atoms with Crippen LogP contribution in [0.15, 0.2) is 42.5 Å². The number of para-hydroxylation sites is 2. The van der Waals surface area contributed by atoms with Crippen molar-refractivity contribution in [1.29, 1.82) is 0 Å². The van der Waals surface area contributed by atoms with Gasteiger partial charge >= 0.3 is 6.03 Å². The van der Waals surface area contributed by atoms with Gasteiger partial charge in [0.15, 0.2) is 0 Å². The highest BCUT2D eigenvalue weighted by Crippen LogP contribution is 2.34. The number of fused-ring (bicyclic) bond motifs is 4. The van der Waals surface area contributed by atoms with Crippen LogP contribution in [0.4, 0.5) is 10.5 Å². The summed E-state index contributed by atoms with van der Waals surface area (Å²) in [6.07, 6.45) is 0. The number of nitrogens with one attached hydrogen (secondary N) is 2. The second kappa shape index (κ2) is 5.72. The van der Waals surface area contributed by atoms with Gasteiger partial charge in [-0.2, -0.15) is 0 Å². The predicted octanol–water partition coefficient (Wildman–Crippen LogP) is 4.53. The summed E-state index contributed by atoms with van der Waals surface area (Å²) in [5.41, 5.74) is 3.39. The Hall–Kier alpha value is -2.73. The molecule has 6 heteroatoms. The molecule has 2 aromatic carbocycles. The highest BCUT2D eigenvalue weighted by molar-refractivity contribution is 7.25. The number of rotatable bonds is 2. The Kier molecular flexibility index (Phi) is 3.54. The molecule has 0 bridgehead atoms. The van der Waals surface area contributed by atoms with Crippen molar-refractivity contribution < 1.29 is 4.79 Å². The zero-order chi connectivity index (χ0) is 16.7. The molecule has 0 radical (unpaired) electrons. The molecule has 4 aromatic rings. The fourth-order valence-electron chi connectivity index (χ4n) is 2.65. The molecule has 0 saturated carbocycles. The van der Waals surface area contributed by atoms with E-state index in [1.165, 1.54) is 0 Å². The lowest BCUT2D eigenvalue weighted by Gasteiger charge is -2.10. The van der Waals surface area contributed by atoms with Crippen molar-refractivity contribution in [3.63, 3.8) is 0 Å². The lowest BCUT2D eigenvalue weighted by atomic mass is 10.2. The lowest BCUT2D eigenvalue weighted by molar-refractivity contribution is 0.250. The van der Waals surface area contributed by atoms with Gasteiger partial charge in [0.25, 0.3) is 0 Å². The minimum absolute atomic E-state index is 0.0907. The van der Waals surface area contributed by atoms with Gasteiger partial charge in [0.2, 0.25) is 0 Å². The molecule has 0 atom stereocenters. The molecule has 2 heterocycles. The summed E-state index contributed by atoms with van der Waals surface area (Å²) in [5.74, 6) is 0. The molecule has 24 heavy (non-hydrogen) atoms. The SMILES string of the molecule is CC(C)NC(=O)Nc1ccc2sc3nc4ccccc4nc3c2c1. The molecule has 2 aromatic heterocycles. The zero-order valence-corrected chi connectivity index (χ0v) is 14.1. The number of carbonyl (C=O) groups is 1. The standard InChI is InChI=1S/C18H16N4OS/c1-10(2)19-18(23)20-11-7-8-15-12(9-11)16-17(24-15)22-14-6-4-3-5-13(14)21-16/h3-10H,1-2H3,(H2,19,20,23). The molecule has 4 rings (SSSR count). The molecule has 2 N–H and O–H groups in total. The van der Waals surface area contributed by atoms with Gasteiger partial charge in [0.05, 0.1) is 11.0 Å². The molecule has 120 valence electrons. The largest absolute Gasteiger partial charge is 0.336 e. The van der Waals surface area contributed by atoms with Crippen molar-refractivity contribution in [2.75, 3.05) is 5.32 Å². The Morgan fingerprint density at radius 1 is 1.08 bits per heavy atom. The number of hydrogen-bond donors (Lipinski definition) is 2. The number of amides is 2. The van der Waals surface area contributed by atoms with E-state index in [0.29, 0.717) is 0 Å². The van der Waals surface area contributed by atoms with Crippen LogP contribution in [0.1, 0.15) is 13.8 Å². The molecule has 0 saturated heterocycles. The summed E-state index contributed by atoms with van der Waals surface area (Å²) >= 11 is 1.61. The third-order valence-electron chi connectivity index (χ3n) is 3.66. The average molecular weight is 336 g/mol. The third kappa shape index (κ3) is 2.65. The van der Waals surface area contributed by atoms with Crippen molar-refractivity contribution >= 4 is 54.5 Å². The van der Waals surface area contributed by atoms with E-state index in [4.69, 9.17) is 9.97 Å². The van der Waals surface area contributed by atoms with Crippen LogP contribution < -0.4 is 10.6 Å². The van der Waals surface area contributed by atoms with Crippen molar-refractivity contribution in [2.45, 2.75) is 19.9 Å². The van der Waals surface area contributed by atoms with E-state index >= 15 is 0 Å². The first kappa shape index (κ1) is 14.8. The molecule has 5 nitrogen and oxygen atoms in total. The Labute approximate surface area is 142 Å². The number of thiophene rings is 1. The van der Waals surface area contributed by atoms with Crippen molar-refractivity contribution in [3.05, 3.63) is 42.5 Å². The Morgan fingerprint density at radius 3 is 2.58 bits per heavy atom. The first-order chi connectivity index (χ1) is 11.6.